The van der Waals surface area contributed by atoms with Crippen molar-refractivity contribution in [3.63, 3.8) is 0 Å². The molecule has 0 fully saturated rings. The van der Waals surface area contributed by atoms with Crippen LogP contribution in [-0.4, -0.2) is 29.1 Å². The van der Waals surface area contributed by atoms with Crippen LogP contribution in [0.2, 0.25) is 0 Å². The molecule has 6 heteroatoms. The monoisotopic (exact) mass is 431 g/mol. The van der Waals surface area contributed by atoms with Crippen LogP contribution in [0.3, 0.4) is 0 Å². The summed E-state index contributed by atoms with van der Waals surface area (Å²) in [6.45, 7) is 3.64. The predicted octanol–water partition coefficient (Wildman–Crippen LogP) is 5.34. The number of pyridine rings is 1. The number of nitrogens with zero attached hydrogens (tertiary/aromatic N) is 3. The van der Waals surface area contributed by atoms with Crippen molar-refractivity contribution in [3.05, 3.63) is 84.1 Å². The quantitative estimate of drug-likeness (QED) is 0.524. The van der Waals surface area contributed by atoms with E-state index in [1.807, 2.05) is 83.6 Å². The molecule has 0 aliphatic carbocycles. The lowest BCUT2D eigenvalue weighted by atomic mass is 9.89. The maximum absolute atomic E-state index is 13.6. The third kappa shape index (κ3) is 3.95. The second kappa shape index (κ2) is 8.94. The summed E-state index contributed by atoms with van der Waals surface area (Å²) in [5.41, 5.74) is 3.28. The van der Waals surface area contributed by atoms with E-state index in [9.17, 15) is 9.59 Å². The highest BCUT2D eigenvalue weighted by atomic mass is 32.2. The van der Waals surface area contributed by atoms with Crippen molar-refractivity contribution < 1.29 is 9.59 Å². The maximum Gasteiger partial charge on any atom is 0.261 e. The molecule has 1 aliphatic heterocycles. The van der Waals surface area contributed by atoms with Gasteiger partial charge < -0.3 is 9.80 Å². The first-order valence-corrected chi connectivity index (χ1v) is 11.5. The summed E-state index contributed by atoms with van der Waals surface area (Å²) in [5, 5.41) is 0.717. The van der Waals surface area contributed by atoms with E-state index in [2.05, 4.69) is 4.98 Å². The molecule has 0 N–H and O–H groups in total. The zero-order chi connectivity index (χ0) is 22.0. The van der Waals surface area contributed by atoms with Crippen LogP contribution in [-0.2, 0) is 4.79 Å². The summed E-state index contributed by atoms with van der Waals surface area (Å²) >= 11 is 1.47. The zero-order valence-electron chi connectivity index (χ0n) is 17.9. The molecule has 0 bridgehead atoms. The number of rotatable bonds is 4. The number of hydrogen-bond donors (Lipinski definition) is 0. The summed E-state index contributed by atoms with van der Waals surface area (Å²) in [6.07, 6.45) is 4.27. The van der Waals surface area contributed by atoms with Crippen molar-refractivity contribution in [1.82, 2.24) is 4.98 Å². The molecule has 0 saturated carbocycles. The first-order chi connectivity index (χ1) is 15.0. The molecule has 2 amide bonds. The molecular weight excluding hydrogens is 406 g/mol. The molecule has 158 valence electrons. The van der Waals surface area contributed by atoms with Crippen LogP contribution in [0.5, 0.6) is 0 Å². The third-order valence-electron chi connectivity index (χ3n) is 5.66. The van der Waals surface area contributed by atoms with Gasteiger partial charge in [0.15, 0.2) is 0 Å². The number of carbonyl (C=O) groups excluding carboxylic acids is 2. The van der Waals surface area contributed by atoms with E-state index in [1.165, 1.54) is 11.8 Å². The Labute approximate surface area is 187 Å². The molecule has 5 nitrogen and oxygen atoms in total. The Bertz CT molecular complexity index is 1100. The van der Waals surface area contributed by atoms with Crippen molar-refractivity contribution in [2.75, 3.05) is 16.1 Å². The van der Waals surface area contributed by atoms with Gasteiger partial charge in [-0.1, -0.05) is 36.4 Å². The van der Waals surface area contributed by atoms with Crippen LogP contribution >= 0.6 is 11.8 Å². The van der Waals surface area contributed by atoms with E-state index >= 15 is 0 Å². The Hall–Kier alpha value is -3.12. The number of hydrogen-bond acceptors (Lipinski definition) is 4. The van der Waals surface area contributed by atoms with Gasteiger partial charge in [-0.15, -0.1) is 11.8 Å². The van der Waals surface area contributed by atoms with Crippen molar-refractivity contribution in [2.24, 2.45) is 0 Å². The highest BCUT2D eigenvalue weighted by Gasteiger charge is 2.38. The number of fused-ring (bicyclic) bond motifs is 1. The fourth-order valence-electron chi connectivity index (χ4n) is 4.35. The molecule has 3 aromatic rings. The van der Waals surface area contributed by atoms with E-state index in [-0.39, 0.29) is 23.9 Å². The van der Waals surface area contributed by atoms with E-state index in [0.717, 1.165) is 16.9 Å². The molecule has 0 saturated heterocycles. The van der Waals surface area contributed by atoms with E-state index in [0.29, 0.717) is 17.0 Å². The van der Waals surface area contributed by atoms with E-state index < -0.39 is 0 Å². The summed E-state index contributed by atoms with van der Waals surface area (Å²) < 4.78 is 0. The summed E-state index contributed by atoms with van der Waals surface area (Å²) in [4.78, 5) is 34.4. The average molecular weight is 432 g/mol. The fraction of sp³-hybridized carbons (Fsp3) is 0.240. The fourth-order valence-corrected chi connectivity index (χ4v) is 4.89. The molecule has 4 rings (SSSR count). The van der Waals surface area contributed by atoms with Gasteiger partial charge in [0, 0.05) is 30.5 Å². The lowest BCUT2D eigenvalue weighted by molar-refractivity contribution is -0.117. The molecule has 2 aromatic carbocycles. The Kier molecular flexibility index (Phi) is 6.09. The van der Waals surface area contributed by atoms with Gasteiger partial charge in [0.2, 0.25) is 5.91 Å². The Morgan fingerprint density at radius 1 is 1.03 bits per heavy atom. The third-order valence-corrected chi connectivity index (χ3v) is 6.37. The first kappa shape index (κ1) is 21.1. The minimum atomic E-state index is -0.149. The molecular formula is C25H25N3O2S. The van der Waals surface area contributed by atoms with Gasteiger partial charge in [0.1, 0.15) is 5.03 Å². The number of aromatic nitrogens is 1. The largest absolute Gasteiger partial charge is 0.305 e. The topological polar surface area (TPSA) is 53.5 Å². The van der Waals surface area contributed by atoms with Gasteiger partial charge >= 0.3 is 0 Å². The molecule has 0 unspecified atom stereocenters. The van der Waals surface area contributed by atoms with E-state index in [4.69, 9.17) is 0 Å². The van der Waals surface area contributed by atoms with Crippen LogP contribution in [0.1, 0.15) is 42.2 Å². The summed E-state index contributed by atoms with van der Waals surface area (Å²) in [5.74, 6) is -0.0835. The van der Waals surface area contributed by atoms with Crippen LogP contribution in [0, 0.1) is 0 Å². The molecule has 2 heterocycles. The molecule has 31 heavy (non-hydrogen) atoms. The molecule has 2 atom stereocenters. The van der Waals surface area contributed by atoms with Crippen molar-refractivity contribution in [3.8, 4) is 0 Å². The zero-order valence-corrected chi connectivity index (χ0v) is 18.7. The minimum absolute atomic E-state index is 0.0186. The van der Waals surface area contributed by atoms with Gasteiger partial charge in [-0.3, -0.25) is 9.59 Å². The Morgan fingerprint density at radius 2 is 1.74 bits per heavy atom. The number of para-hydroxylation sites is 2. The van der Waals surface area contributed by atoms with Crippen molar-refractivity contribution in [1.29, 1.82) is 0 Å². The van der Waals surface area contributed by atoms with Crippen molar-refractivity contribution in [2.45, 2.75) is 37.4 Å². The smallest absolute Gasteiger partial charge is 0.261 e. The summed E-state index contributed by atoms with van der Waals surface area (Å²) in [7, 11) is 0. The van der Waals surface area contributed by atoms with Crippen LogP contribution in [0.25, 0.3) is 0 Å². The average Bonchev–Trinajstić information content (AvgIpc) is 2.79. The van der Waals surface area contributed by atoms with Gasteiger partial charge in [-0.05, 0) is 55.5 Å². The Balaban J connectivity index is 1.80. The van der Waals surface area contributed by atoms with Crippen LogP contribution < -0.4 is 9.80 Å². The minimum Gasteiger partial charge on any atom is -0.305 e. The predicted molar refractivity (Wildman–Crippen MR) is 126 cm³/mol. The van der Waals surface area contributed by atoms with Gasteiger partial charge in [0.05, 0.1) is 11.6 Å². The number of carbonyl (C=O) groups is 2. The number of thioether (sulfide) groups is 1. The second-order valence-corrected chi connectivity index (χ2v) is 8.41. The summed E-state index contributed by atoms with van der Waals surface area (Å²) in [6, 6.07) is 21.0. The SMILES string of the molecule is CSc1ncccc1C(=O)N1c2ccccc2[C@H](N(C(C)=O)c2ccccc2)C[C@@H]1C. The number of anilines is 2. The second-order valence-electron chi connectivity index (χ2n) is 7.62. The van der Waals surface area contributed by atoms with Gasteiger partial charge in [-0.25, -0.2) is 4.98 Å². The highest BCUT2D eigenvalue weighted by molar-refractivity contribution is 7.98. The number of amides is 2. The normalized spacial score (nSPS) is 17.7. The lowest BCUT2D eigenvalue weighted by Crippen LogP contribution is -2.47. The van der Waals surface area contributed by atoms with Crippen molar-refractivity contribution >= 4 is 35.0 Å². The lowest BCUT2D eigenvalue weighted by Gasteiger charge is -2.43. The maximum atomic E-state index is 13.6. The Morgan fingerprint density at radius 3 is 2.45 bits per heavy atom. The van der Waals surface area contributed by atoms with Crippen LogP contribution in [0.15, 0.2) is 78.0 Å². The first-order valence-electron chi connectivity index (χ1n) is 10.3. The van der Waals surface area contributed by atoms with Gasteiger partial charge in [0.25, 0.3) is 5.91 Å². The van der Waals surface area contributed by atoms with Gasteiger partial charge in [-0.2, -0.15) is 0 Å². The number of benzene rings is 2. The molecule has 1 aliphatic rings. The molecule has 0 spiro atoms. The van der Waals surface area contributed by atoms with E-state index in [1.54, 1.807) is 19.2 Å². The molecule has 0 radical (unpaired) electrons. The highest BCUT2D eigenvalue weighted by Crippen LogP contribution is 2.43. The standard InChI is InChI=1S/C25H25N3O2S/c1-17-16-23(28(18(2)29)19-10-5-4-6-11-19)20-12-7-8-14-22(20)27(17)25(30)21-13-9-15-26-24(21)31-3/h4-15,17,23H,16H2,1-3H3/t17-,23+/m0/s1. The molecule has 1 aromatic heterocycles. The van der Waals surface area contributed by atoms with Crippen LogP contribution in [0.4, 0.5) is 11.4 Å².